The third-order valence-electron chi connectivity index (χ3n) is 5.65. The van der Waals surface area contributed by atoms with Crippen molar-refractivity contribution in [2.45, 2.75) is 18.9 Å². The normalized spacial score (nSPS) is 16.8. The zero-order valence-electron chi connectivity index (χ0n) is 15.9. The number of para-hydroxylation sites is 2. The van der Waals surface area contributed by atoms with Crippen LogP contribution in [0.15, 0.2) is 60.8 Å². The predicted molar refractivity (Wildman–Crippen MR) is 109 cm³/mol. The van der Waals surface area contributed by atoms with Gasteiger partial charge in [-0.15, -0.1) is 0 Å². The Hall–Kier alpha value is -2.92. The lowest BCUT2D eigenvalue weighted by Gasteiger charge is -2.38. The van der Waals surface area contributed by atoms with Crippen LogP contribution in [0.25, 0.3) is 10.9 Å². The molecule has 28 heavy (non-hydrogen) atoms. The molecule has 0 radical (unpaired) electrons. The van der Waals surface area contributed by atoms with E-state index in [0.29, 0.717) is 12.8 Å². The van der Waals surface area contributed by atoms with Gasteiger partial charge in [0.05, 0.1) is 24.6 Å². The van der Waals surface area contributed by atoms with E-state index in [1.165, 1.54) is 5.56 Å². The maximum atomic E-state index is 11.4. The molecule has 2 aromatic carbocycles. The van der Waals surface area contributed by atoms with Gasteiger partial charge in [-0.1, -0.05) is 36.4 Å². The second-order valence-corrected chi connectivity index (χ2v) is 7.21. The molecule has 0 amide bonds. The zero-order chi connectivity index (χ0) is 19.5. The molecular formula is C23H24N2O3. The number of benzene rings is 2. The molecule has 1 unspecified atom stereocenters. The lowest BCUT2D eigenvalue weighted by Crippen LogP contribution is -2.39. The fourth-order valence-electron chi connectivity index (χ4n) is 4.21. The maximum absolute atomic E-state index is 11.4. The second kappa shape index (κ2) is 7.98. The van der Waals surface area contributed by atoms with Crippen LogP contribution in [0.5, 0.6) is 5.75 Å². The number of carbonyl (C=O) groups is 1. The van der Waals surface area contributed by atoms with Gasteiger partial charge in [-0.05, 0) is 49.7 Å². The number of nitrogens with zero attached hydrogens (tertiary/aromatic N) is 2. The summed E-state index contributed by atoms with van der Waals surface area (Å²) >= 11 is 0. The minimum atomic E-state index is -0.692. The van der Waals surface area contributed by atoms with Crippen molar-refractivity contribution >= 4 is 16.9 Å². The minimum absolute atomic E-state index is 0.0150. The molecule has 0 bridgehead atoms. The van der Waals surface area contributed by atoms with Crippen LogP contribution < -0.4 is 4.74 Å². The van der Waals surface area contributed by atoms with Gasteiger partial charge in [0.25, 0.3) is 0 Å². The number of aromatic nitrogens is 1. The average molecular weight is 376 g/mol. The highest BCUT2D eigenvalue weighted by molar-refractivity contribution is 5.83. The summed E-state index contributed by atoms with van der Waals surface area (Å²) in [5, 5.41) is 10.5. The highest BCUT2D eigenvalue weighted by atomic mass is 16.5. The summed E-state index contributed by atoms with van der Waals surface area (Å²) < 4.78 is 5.67. The number of hydrogen-bond donors (Lipinski definition) is 1. The third kappa shape index (κ3) is 3.45. The summed E-state index contributed by atoms with van der Waals surface area (Å²) in [4.78, 5) is 18.3. The van der Waals surface area contributed by atoms with E-state index in [4.69, 9.17) is 4.74 Å². The maximum Gasteiger partial charge on any atom is 0.306 e. The van der Waals surface area contributed by atoms with E-state index in [-0.39, 0.29) is 12.0 Å². The van der Waals surface area contributed by atoms with Crippen molar-refractivity contribution in [2.75, 3.05) is 20.2 Å². The molecule has 1 N–H and O–H groups in total. The monoisotopic (exact) mass is 376 g/mol. The Morgan fingerprint density at radius 3 is 2.54 bits per heavy atom. The second-order valence-electron chi connectivity index (χ2n) is 7.21. The smallest absolute Gasteiger partial charge is 0.306 e. The SMILES string of the molecule is COc1ccccc1C(c1ccnc2ccccc12)N1CCC(C(=O)O)CC1. The summed E-state index contributed by atoms with van der Waals surface area (Å²) in [7, 11) is 1.69. The van der Waals surface area contributed by atoms with Gasteiger partial charge in [0.2, 0.25) is 0 Å². The highest BCUT2D eigenvalue weighted by Crippen LogP contribution is 2.39. The van der Waals surface area contributed by atoms with Crippen molar-refractivity contribution in [3.05, 3.63) is 71.9 Å². The number of carboxylic acids is 1. The van der Waals surface area contributed by atoms with Crippen molar-refractivity contribution in [3.8, 4) is 5.75 Å². The predicted octanol–water partition coefficient (Wildman–Crippen LogP) is 4.13. The topological polar surface area (TPSA) is 62.7 Å². The van der Waals surface area contributed by atoms with E-state index >= 15 is 0 Å². The van der Waals surface area contributed by atoms with Crippen LogP contribution in [0, 0.1) is 5.92 Å². The first kappa shape index (κ1) is 18.4. The zero-order valence-corrected chi connectivity index (χ0v) is 15.9. The van der Waals surface area contributed by atoms with E-state index in [1.54, 1.807) is 7.11 Å². The van der Waals surface area contributed by atoms with Gasteiger partial charge in [0, 0.05) is 17.1 Å². The van der Waals surface area contributed by atoms with E-state index in [9.17, 15) is 9.90 Å². The van der Waals surface area contributed by atoms with E-state index in [1.807, 2.05) is 42.6 Å². The van der Waals surface area contributed by atoms with Crippen molar-refractivity contribution in [1.29, 1.82) is 0 Å². The lowest BCUT2D eigenvalue weighted by atomic mass is 9.89. The molecule has 0 aliphatic carbocycles. The van der Waals surface area contributed by atoms with Crippen molar-refractivity contribution < 1.29 is 14.6 Å². The standard InChI is InChI=1S/C23H24N2O3/c1-28-21-9-5-3-7-19(21)22(25-14-11-16(12-15-25)23(26)27)18-10-13-24-20-8-4-2-6-17(18)20/h2-10,13,16,22H,11-12,14-15H2,1H3,(H,26,27). The summed E-state index contributed by atoms with van der Waals surface area (Å²) in [6, 6.07) is 18.3. The molecular weight excluding hydrogens is 352 g/mol. The first-order valence-electron chi connectivity index (χ1n) is 9.62. The number of pyridine rings is 1. The van der Waals surface area contributed by atoms with Crippen molar-refractivity contribution in [2.24, 2.45) is 5.92 Å². The van der Waals surface area contributed by atoms with E-state index in [2.05, 4.69) is 28.1 Å². The number of aliphatic carboxylic acids is 1. The largest absolute Gasteiger partial charge is 0.496 e. The number of carboxylic acid groups (broad SMARTS) is 1. The summed E-state index contributed by atoms with van der Waals surface area (Å²) in [6.45, 7) is 1.46. The molecule has 144 valence electrons. The number of rotatable bonds is 5. The summed E-state index contributed by atoms with van der Waals surface area (Å²) in [5.41, 5.74) is 3.22. The van der Waals surface area contributed by atoms with E-state index < -0.39 is 5.97 Å². The quantitative estimate of drug-likeness (QED) is 0.725. The van der Waals surface area contributed by atoms with Gasteiger partial charge in [0.15, 0.2) is 0 Å². The lowest BCUT2D eigenvalue weighted by molar-refractivity contribution is -0.143. The van der Waals surface area contributed by atoms with E-state index in [0.717, 1.165) is 35.3 Å². The molecule has 1 aliphatic heterocycles. The Morgan fingerprint density at radius 1 is 1.07 bits per heavy atom. The number of ether oxygens (including phenoxy) is 1. The Balaban J connectivity index is 1.81. The average Bonchev–Trinajstić information content (AvgIpc) is 2.75. The molecule has 4 rings (SSSR count). The number of methoxy groups -OCH3 is 1. The molecule has 5 nitrogen and oxygen atoms in total. The fourth-order valence-corrected chi connectivity index (χ4v) is 4.21. The Bertz CT molecular complexity index is 975. The van der Waals surface area contributed by atoms with Crippen LogP contribution >= 0.6 is 0 Å². The van der Waals surface area contributed by atoms with Gasteiger partial charge >= 0.3 is 5.97 Å². The van der Waals surface area contributed by atoms with Crippen LogP contribution in [0.2, 0.25) is 0 Å². The molecule has 1 aliphatic rings. The number of hydrogen-bond acceptors (Lipinski definition) is 4. The molecule has 0 spiro atoms. The molecule has 3 aromatic rings. The molecule has 2 heterocycles. The Labute approximate surface area is 164 Å². The van der Waals surface area contributed by atoms with Gasteiger partial charge < -0.3 is 9.84 Å². The minimum Gasteiger partial charge on any atom is -0.496 e. The van der Waals surface area contributed by atoms with Crippen LogP contribution in [0.3, 0.4) is 0 Å². The van der Waals surface area contributed by atoms with Gasteiger partial charge in [-0.3, -0.25) is 14.7 Å². The Morgan fingerprint density at radius 2 is 1.79 bits per heavy atom. The van der Waals surface area contributed by atoms with Gasteiger partial charge in [0.1, 0.15) is 5.75 Å². The van der Waals surface area contributed by atoms with Crippen LogP contribution in [0.4, 0.5) is 0 Å². The van der Waals surface area contributed by atoms with Crippen LogP contribution in [-0.4, -0.2) is 41.2 Å². The van der Waals surface area contributed by atoms with Crippen molar-refractivity contribution in [3.63, 3.8) is 0 Å². The first-order chi connectivity index (χ1) is 13.7. The molecule has 5 heteroatoms. The van der Waals surface area contributed by atoms with Crippen LogP contribution in [0.1, 0.15) is 30.0 Å². The summed E-state index contributed by atoms with van der Waals surface area (Å²) in [6.07, 6.45) is 3.16. The molecule has 1 fully saturated rings. The van der Waals surface area contributed by atoms with Crippen LogP contribution in [-0.2, 0) is 4.79 Å². The molecule has 1 saturated heterocycles. The number of fused-ring (bicyclic) bond motifs is 1. The molecule has 0 saturated carbocycles. The number of likely N-dealkylation sites (tertiary alicyclic amines) is 1. The van der Waals surface area contributed by atoms with Gasteiger partial charge in [-0.2, -0.15) is 0 Å². The third-order valence-corrected chi connectivity index (χ3v) is 5.65. The van der Waals surface area contributed by atoms with Crippen molar-refractivity contribution in [1.82, 2.24) is 9.88 Å². The molecule has 1 atom stereocenters. The molecule has 1 aromatic heterocycles. The first-order valence-corrected chi connectivity index (χ1v) is 9.62. The summed E-state index contributed by atoms with van der Waals surface area (Å²) in [5.74, 6) is -0.111. The number of piperidine rings is 1. The Kier molecular flexibility index (Phi) is 5.26. The highest BCUT2D eigenvalue weighted by Gasteiger charge is 2.32. The fraction of sp³-hybridized carbons (Fsp3) is 0.304. The van der Waals surface area contributed by atoms with Gasteiger partial charge in [-0.25, -0.2) is 0 Å².